The molecule has 3 rings (SSSR count). The van der Waals surface area contributed by atoms with Crippen LogP contribution in [0.5, 0.6) is 11.5 Å². The SMILES string of the molecule is COc1cc(/C=C2/C(=O)NN(c3ccccc3)C2=O)cc(I)c1OC(C)C. The molecule has 6 nitrogen and oxygen atoms in total. The molecule has 0 bridgehead atoms. The molecule has 0 spiro atoms. The predicted octanol–water partition coefficient (Wildman–Crippen LogP) is 3.55. The Bertz CT molecular complexity index is 910. The molecule has 0 saturated carbocycles. The summed E-state index contributed by atoms with van der Waals surface area (Å²) in [7, 11) is 1.56. The van der Waals surface area contributed by atoms with Gasteiger partial charge in [-0.1, -0.05) is 18.2 Å². The quantitative estimate of drug-likeness (QED) is 0.406. The van der Waals surface area contributed by atoms with Crippen LogP contribution in [0.25, 0.3) is 6.08 Å². The van der Waals surface area contributed by atoms with E-state index >= 15 is 0 Å². The van der Waals surface area contributed by atoms with Crippen molar-refractivity contribution in [1.82, 2.24) is 5.43 Å². The molecule has 1 heterocycles. The number of halogens is 1. The van der Waals surface area contributed by atoms with Gasteiger partial charge in [-0.25, -0.2) is 5.01 Å². The smallest absolute Gasteiger partial charge is 0.282 e. The fraction of sp³-hybridized carbons (Fsp3) is 0.200. The maximum Gasteiger partial charge on any atom is 0.282 e. The molecule has 2 aromatic carbocycles. The van der Waals surface area contributed by atoms with Crippen molar-refractivity contribution in [3.63, 3.8) is 0 Å². The summed E-state index contributed by atoms with van der Waals surface area (Å²) >= 11 is 2.15. The largest absolute Gasteiger partial charge is 0.493 e. The zero-order valence-electron chi connectivity index (χ0n) is 15.2. The minimum absolute atomic E-state index is 0.00163. The number of carbonyl (C=O) groups excluding carboxylic acids is 2. The molecule has 0 atom stereocenters. The monoisotopic (exact) mass is 478 g/mol. The summed E-state index contributed by atoms with van der Waals surface area (Å²) in [5.74, 6) is 0.347. The van der Waals surface area contributed by atoms with E-state index in [2.05, 4.69) is 28.0 Å². The predicted molar refractivity (Wildman–Crippen MR) is 112 cm³/mol. The molecule has 0 radical (unpaired) electrons. The van der Waals surface area contributed by atoms with Gasteiger partial charge in [-0.05, 0) is 72.3 Å². The summed E-state index contributed by atoms with van der Waals surface area (Å²) in [6.07, 6.45) is 1.56. The van der Waals surface area contributed by atoms with Crippen molar-refractivity contribution < 1.29 is 19.1 Å². The van der Waals surface area contributed by atoms with Crippen molar-refractivity contribution in [2.45, 2.75) is 20.0 Å². The molecule has 1 aliphatic heterocycles. The Hall–Kier alpha value is -2.55. The number of rotatable bonds is 5. The first kappa shape index (κ1) is 19.2. The van der Waals surface area contributed by atoms with E-state index in [-0.39, 0.29) is 11.7 Å². The Kier molecular flexibility index (Phi) is 5.69. The van der Waals surface area contributed by atoms with E-state index in [1.165, 1.54) is 5.01 Å². The number of benzene rings is 2. The zero-order chi connectivity index (χ0) is 19.6. The molecule has 27 heavy (non-hydrogen) atoms. The third-order valence-corrected chi connectivity index (χ3v) is 4.62. The number of methoxy groups -OCH3 is 1. The summed E-state index contributed by atoms with van der Waals surface area (Å²) in [4.78, 5) is 25.0. The Morgan fingerprint density at radius 2 is 1.85 bits per heavy atom. The molecule has 2 aromatic rings. The number of nitrogens with one attached hydrogen (secondary N) is 1. The minimum atomic E-state index is -0.444. The third-order valence-electron chi connectivity index (χ3n) is 3.82. The van der Waals surface area contributed by atoms with E-state index in [1.54, 1.807) is 43.5 Å². The molecule has 1 N–H and O–H groups in total. The van der Waals surface area contributed by atoms with Crippen LogP contribution in [0.4, 0.5) is 5.69 Å². The van der Waals surface area contributed by atoms with Gasteiger partial charge in [0, 0.05) is 0 Å². The lowest BCUT2D eigenvalue weighted by atomic mass is 10.1. The van der Waals surface area contributed by atoms with Gasteiger partial charge in [0.1, 0.15) is 5.57 Å². The molecule has 1 aliphatic rings. The van der Waals surface area contributed by atoms with Crippen molar-refractivity contribution in [3.05, 3.63) is 57.2 Å². The number of amides is 2. The normalized spacial score (nSPS) is 15.4. The van der Waals surface area contributed by atoms with Crippen LogP contribution < -0.4 is 19.9 Å². The molecular formula is C20H19IN2O4. The highest BCUT2D eigenvalue weighted by Gasteiger charge is 2.34. The molecule has 0 aliphatic carbocycles. The maximum absolute atomic E-state index is 12.7. The number of anilines is 1. The first-order valence-electron chi connectivity index (χ1n) is 8.37. The molecule has 1 fully saturated rings. The number of hydrazine groups is 1. The number of hydrogen-bond acceptors (Lipinski definition) is 4. The molecule has 0 unspecified atom stereocenters. The van der Waals surface area contributed by atoms with Gasteiger partial charge in [0.15, 0.2) is 11.5 Å². The van der Waals surface area contributed by atoms with Gasteiger partial charge < -0.3 is 9.47 Å². The average Bonchev–Trinajstić information content (AvgIpc) is 2.92. The Balaban J connectivity index is 1.95. The van der Waals surface area contributed by atoms with Crippen LogP contribution in [0.3, 0.4) is 0 Å². The van der Waals surface area contributed by atoms with Crippen molar-refractivity contribution in [1.29, 1.82) is 0 Å². The second kappa shape index (κ2) is 7.99. The number of hydrogen-bond donors (Lipinski definition) is 1. The summed E-state index contributed by atoms with van der Waals surface area (Å²) < 4.78 is 12.1. The van der Waals surface area contributed by atoms with Gasteiger partial charge in [0.25, 0.3) is 11.8 Å². The third kappa shape index (κ3) is 4.08. The molecule has 7 heteroatoms. The lowest BCUT2D eigenvalue weighted by Crippen LogP contribution is -2.35. The van der Waals surface area contributed by atoms with Crippen molar-refractivity contribution in [2.24, 2.45) is 0 Å². The maximum atomic E-state index is 12.7. The fourth-order valence-electron chi connectivity index (χ4n) is 2.66. The second-order valence-electron chi connectivity index (χ2n) is 6.18. The summed E-state index contributed by atoms with van der Waals surface area (Å²) in [5.41, 5.74) is 3.94. The lowest BCUT2D eigenvalue weighted by molar-refractivity contribution is -0.117. The van der Waals surface area contributed by atoms with Gasteiger partial charge in [0.2, 0.25) is 0 Å². The Labute approximate surface area is 171 Å². The Morgan fingerprint density at radius 1 is 1.15 bits per heavy atom. The van der Waals surface area contributed by atoms with E-state index < -0.39 is 11.8 Å². The highest BCUT2D eigenvalue weighted by molar-refractivity contribution is 14.1. The number of ether oxygens (including phenoxy) is 2. The van der Waals surface area contributed by atoms with E-state index in [0.29, 0.717) is 22.7 Å². The van der Waals surface area contributed by atoms with Crippen LogP contribution in [-0.4, -0.2) is 25.0 Å². The lowest BCUT2D eigenvalue weighted by Gasteiger charge is -2.16. The molecule has 140 valence electrons. The molecule has 2 amide bonds. The Morgan fingerprint density at radius 3 is 2.48 bits per heavy atom. The van der Waals surface area contributed by atoms with E-state index in [4.69, 9.17) is 9.47 Å². The van der Waals surface area contributed by atoms with Crippen LogP contribution in [0, 0.1) is 3.57 Å². The highest BCUT2D eigenvalue weighted by atomic mass is 127. The fourth-order valence-corrected chi connectivity index (χ4v) is 3.41. The topological polar surface area (TPSA) is 67.9 Å². The number of para-hydroxylation sites is 1. The van der Waals surface area contributed by atoms with E-state index in [1.807, 2.05) is 26.0 Å². The van der Waals surface area contributed by atoms with Crippen molar-refractivity contribution in [3.8, 4) is 11.5 Å². The van der Waals surface area contributed by atoms with Crippen molar-refractivity contribution >= 4 is 46.2 Å². The van der Waals surface area contributed by atoms with E-state index in [9.17, 15) is 9.59 Å². The molecule has 1 saturated heterocycles. The van der Waals surface area contributed by atoms with Crippen molar-refractivity contribution in [2.75, 3.05) is 12.1 Å². The van der Waals surface area contributed by atoms with Crippen LogP contribution >= 0.6 is 22.6 Å². The van der Waals surface area contributed by atoms with Crippen LogP contribution in [-0.2, 0) is 9.59 Å². The van der Waals surface area contributed by atoms with E-state index in [0.717, 1.165) is 3.57 Å². The summed E-state index contributed by atoms with van der Waals surface area (Å²) in [6, 6.07) is 12.6. The first-order chi connectivity index (χ1) is 12.9. The van der Waals surface area contributed by atoms with Gasteiger partial charge in [-0.15, -0.1) is 0 Å². The summed E-state index contributed by atoms with van der Waals surface area (Å²) in [6.45, 7) is 3.87. The minimum Gasteiger partial charge on any atom is -0.493 e. The number of carbonyl (C=O) groups is 2. The van der Waals surface area contributed by atoms with Gasteiger partial charge in [-0.3, -0.25) is 15.0 Å². The van der Waals surface area contributed by atoms with Gasteiger partial charge in [-0.2, -0.15) is 0 Å². The van der Waals surface area contributed by atoms with Gasteiger partial charge in [0.05, 0.1) is 22.5 Å². The first-order valence-corrected chi connectivity index (χ1v) is 9.45. The highest BCUT2D eigenvalue weighted by Crippen LogP contribution is 2.35. The van der Waals surface area contributed by atoms with Gasteiger partial charge >= 0.3 is 0 Å². The van der Waals surface area contributed by atoms with Crippen LogP contribution in [0.15, 0.2) is 48.0 Å². The molecule has 0 aromatic heterocycles. The van der Waals surface area contributed by atoms with Crippen LogP contribution in [0.1, 0.15) is 19.4 Å². The average molecular weight is 478 g/mol. The second-order valence-corrected chi connectivity index (χ2v) is 7.34. The zero-order valence-corrected chi connectivity index (χ0v) is 17.3. The number of nitrogens with zero attached hydrogens (tertiary/aromatic N) is 1. The standard InChI is InChI=1S/C20H19IN2O4/c1-12(2)27-18-16(21)10-13(11-17(18)26-3)9-15-19(24)22-23(20(15)25)14-7-5-4-6-8-14/h4-12H,1-3H3,(H,22,24)/b15-9-. The van der Waals surface area contributed by atoms with Crippen LogP contribution in [0.2, 0.25) is 0 Å². The molecular weight excluding hydrogens is 459 g/mol. The summed E-state index contributed by atoms with van der Waals surface area (Å²) in [5, 5.41) is 1.24.